The van der Waals surface area contributed by atoms with Crippen LogP contribution in [0.5, 0.6) is 0 Å². The third-order valence-electron chi connectivity index (χ3n) is 4.06. The number of hydrogen-bond acceptors (Lipinski definition) is 8. The Labute approximate surface area is 171 Å². The van der Waals surface area contributed by atoms with Crippen molar-refractivity contribution in [3.63, 3.8) is 0 Å². The monoisotopic (exact) mass is 410 g/mol. The van der Waals surface area contributed by atoms with Gasteiger partial charge in [-0.05, 0) is 24.6 Å². The van der Waals surface area contributed by atoms with Gasteiger partial charge in [0.1, 0.15) is 6.54 Å². The van der Waals surface area contributed by atoms with Crippen LogP contribution in [-0.4, -0.2) is 33.5 Å². The number of hydrogen-bond donors (Lipinski definition) is 1. The number of amides is 1. The SMILES string of the molecule is C[C@@H](OC(=O)CNC(=O)Cc1ccccc1)c1nnc(-c2ccc([N+](=O)[O-])cc2)o1. The van der Waals surface area contributed by atoms with E-state index in [-0.39, 0.29) is 36.3 Å². The van der Waals surface area contributed by atoms with Crippen LogP contribution < -0.4 is 5.32 Å². The van der Waals surface area contributed by atoms with E-state index in [2.05, 4.69) is 15.5 Å². The molecule has 1 aromatic heterocycles. The molecule has 3 rings (SSSR count). The molecule has 0 aliphatic carbocycles. The molecule has 10 nitrogen and oxygen atoms in total. The molecule has 0 aliphatic rings. The number of benzene rings is 2. The van der Waals surface area contributed by atoms with E-state index in [4.69, 9.17) is 9.15 Å². The summed E-state index contributed by atoms with van der Waals surface area (Å²) in [6, 6.07) is 14.7. The first-order valence-corrected chi connectivity index (χ1v) is 9.00. The van der Waals surface area contributed by atoms with E-state index in [1.165, 1.54) is 24.3 Å². The van der Waals surface area contributed by atoms with Crippen LogP contribution in [0.1, 0.15) is 24.5 Å². The summed E-state index contributed by atoms with van der Waals surface area (Å²) in [5, 5.41) is 20.9. The molecular formula is C20H18N4O6. The zero-order chi connectivity index (χ0) is 21.5. The smallest absolute Gasteiger partial charge is 0.326 e. The zero-order valence-electron chi connectivity index (χ0n) is 16.0. The maximum absolute atomic E-state index is 12.0. The van der Waals surface area contributed by atoms with E-state index in [9.17, 15) is 19.7 Å². The van der Waals surface area contributed by atoms with Crippen molar-refractivity contribution in [1.82, 2.24) is 15.5 Å². The lowest BCUT2D eigenvalue weighted by molar-refractivity contribution is -0.384. The van der Waals surface area contributed by atoms with Gasteiger partial charge in [-0.15, -0.1) is 10.2 Å². The van der Waals surface area contributed by atoms with Crippen molar-refractivity contribution >= 4 is 17.6 Å². The highest BCUT2D eigenvalue weighted by molar-refractivity contribution is 5.83. The van der Waals surface area contributed by atoms with E-state index in [0.717, 1.165) is 5.56 Å². The van der Waals surface area contributed by atoms with Gasteiger partial charge in [0.15, 0.2) is 6.10 Å². The summed E-state index contributed by atoms with van der Waals surface area (Å²) < 4.78 is 10.7. The molecule has 10 heteroatoms. The van der Waals surface area contributed by atoms with E-state index in [1.54, 1.807) is 6.92 Å². The fourth-order valence-corrected chi connectivity index (χ4v) is 2.54. The minimum atomic E-state index is -0.831. The van der Waals surface area contributed by atoms with Gasteiger partial charge in [-0.25, -0.2) is 0 Å². The van der Waals surface area contributed by atoms with Crippen LogP contribution in [0.3, 0.4) is 0 Å². The van der Waals surface area contributed by atoms with Crippen LogP contribution in [0, 0.1) is 10.1 Å². The van der Waals surface area contributed by atoms with Crippen LogP contribution in [-0.2, 0) is 20.7 Å². The number of nitro groups is 1. The predicted molar refractivity (Wildman–Crippen MR) is 104 cm³/mol. The average molecular weight is 410 g/mol. The van der Waals surface area contributed by atoms with Crippen LogP contribution >= 0.6 is 0 Å². The number of nitrogens with zero attached hydrogens (tertiary/aromatic N) is 3. The van der Waals surface area contributed by atoms with Gasteiger partial charge >= 0.3 is 5.97 Å². The minimum absolute atomic E-state index is 0.0601. The summed E-state index contributed by atoms with van der Waals surface area (Å²) in [5.74, 6) is -0.755. The Hall–Kier alpha value is -4.08. The fraction of sp³-hybridized carbons (Fsp3) is 0.200. The number of carbonyl (C=O) groups is 2. The summed E-state index contributed by atoms with van der Waals surface area (Å²) in [7, 11) is 0. The summed E-state index contributed by atoms with van der Waals surface area (Å²) in [6.07, 6.45) is -0.672. The normalized spacial score (nSPS) is 11.5. The maximum atomic E-state index is 12.0. The summed E-state index contributed by atoms with van der Waals surface area (Å²) in [4.78, 5) is 34.1. The molecule has 0 saturated heterocycles. The molecule has 2 aromatic carbocycles. The van der Waals surface area contributed by atoms with E-state index >= 15 is 0 Å². The second kappa shape index (κ2) is 9.41. The van der Waals surface area contributed by atoms with Crippen LogP contribution in [0.25, 0.3) is 11.5 Å². The minimum Gasteiger partial charge on any atom is -0.451 e. The molecule has 30 heavy (non-hydrogen) atoms. The first-order chi connectivity index (χ1) is 14.4. The van der Waals surface area contributed by atoms with Crippen molar-refractivity contribution in [2.24, 2.45) is 0 Å². The number of nitrogens with one attached hydrogen (secondary N) is 1. The van der Waals surface area contributed by atoms with Crippen molar-refractivity contribution in [3.8, 4) is 11.5 Å². The zero-order valence-corrected chi connectivity index (χ0v) is 16.0. The Bertz CT molecular complexity index is 1030. The molecule has 1 N–H and O–H groups in total. The van der Waals surface area contributed by atoms with E-state index in [1.807, 2.05) is 30.3 Å². The molecule has 0 spiro atoms. The molecule has 0 fully saturated rings. The number of carbonyl (C=O) groups excluding carboxylic acids is 2. The molecule has 0 bridgehead atoms. The standard InChI is InChI=1S/C20H18N4O6/c1-13(29-18(26)12-21-17(25)11-14-5-3-2-4-6-14)19-22-23-20(30-19)15-7-9-16(10-8-15)24(27)28/h2-10,13H,11-12H2,1H3,(H,21,25)/t13-/m1/s1. The lowest BCUT2D eigenvalue weighted by atomic mass is 10.1. The first-order valence-electron chi connectivity index (χ1n) is 9.00. The second-order valence-corrected chi connectivity index (χ2v) is 6.32. The quantitative estimate of drug-likeness (QED) is 0.340. The van der Waals surface area contributed by atoms with Crippen LogP contribution in [0.15, 0.2) is 59.0 Å². The summed E-state index contributed by atoms with van der Waals surface area (Å²) in [6.45, 7) is 1.26. The Morgan fingerprint density at radius 3 is 2.50 bits per heavy atom. The summed E-state index contributed by atoms with van der Waals surface area (Å²) in [5.41, 5.74) is 1.27. The molecule has 0 unspecified atom stereocenters. The molecule has 1 amide bonds. The average Bonchev–Trinajstić information content (AvgIpc) is 3.23. The van der Waals surface area contributed by atoms with Gasteiger partial charge in [0, 0.05) is 17.7 Å². The van der Waals surface area contributed by atoms with E-state index < -0.39 is 17.0 Å². The predicted octanol–water partition coefficient (Wildman–Crippen LogP) is 2.61. The molecule has 0 aliphatic heterocycles. The van der Waals surface area contributed by atoms with Gasteiger partial charge in [0.05, 0.1) is 11.3 Å². The number of non-ortho nitro benzene ring substituents is 1. The molecule has 3 aromatic rings. The lowest BCUT2D eigenvalue weighted by Gasteiger charge is -2.10. The van der Waals surface area contributed by atoms with Crippen molar-refractivity contribution in [3.05, 3.63) is 76.2 Å². The molecule has 0 saturated carbocycles. The van der Waals surface area contributed by atoms with Gasteiger partial charge in [-0.3, -0.25) is 19.7 Å². The van der Waals surface area contributed by atoms with Crippen LogP contribution in [0.4, 0.5) is 5.69 Å². The van der Waals surface area contributed by atoms with Crippen molar-refractivity contribution < 1.29 is 23.7 Å². The van der Waals surface area contributed by atoms with Crippen LogP contribution in [0.2, 0.25) is 0 Å². The molecular weight excluding hydrogens is 392 g/mol. The van der Waals surface area contributed by atoms with Crippen molar-refractivity contribution in [2.75, 3.05) is 6.54 Å². The Balaban J connectivity index is 1.50. The molecule has 154 valence electrons. The Morgan fingerprint density at radius 1 is 1.13 bits per heavy atom. The largest absolute Gasteiger partial charge is 0.451 e. The highest BCUT2D eigenvalue weighted by Gasteiger charge is 2.20. The number of rotatable bonds is 8. The van der Waals surface area contributed by atoms with Crippen molar-refractivity contribution in [1.29, 1.82) is 0 Å². The van der Waals surface area contributed by atoms with Gasteiger partial charge in [-0.1, -0.05) is 30.3 Å². The highest BCUT2D eigenvalue weighted by Crippen LogP contribution is 2.24. The van der Waals surface area contributed by atoms with Crippen molar-refractivity contribution in [2.45, 2.75) is 19.4 Å². The third-order valence-corrected chi connectivity index (χ3v) is 4.06. The molecule has 1 heterocycles. The van der Waals surface area contributed by atoms with E-state index in [0.29, 0.717) is 5.56 Å². The summed E-state index contributed by atoms with van der Waals surface area (Å²) >= 11 is 0. The molecule has 0 radical (unpaired) electrons. The van der Waals surface area contributed by atoms with Gasteiger partial charge < -0.3 is 14.5 Å². The Morgan fingerprint density at radius 2 is 1.83 bits per heavy atom. The number of nitro benzene ring substituents is 1. The third kappa shape index (κ3) is 5.47. The van der Waals surface area contributed by atoms with Gasteiger partial charge in [0.25, 0.3) is 11.6 Å². The topological polar surface area (TPSA) is 137 Å². The number of ether oxygens (including phenoxy) is 1. The number of aromatic nitrogens is 2. The highest BCUT2D eigenvalue weighted by atomic mass is 16.6. The fourth-order valence-electron chi connectivity index (χ4n) is 2.54. The Kier molecular flexibility index (Phi) is 6.48. The second-order valence-electron chi connectivity index (χ2n) is 6.32. The first kappa shape index (κ1) is 20.6. The molecule has 1 atom stereocenters. The van der Waals surface area contributed by atoms with Gasteiger partial charge in [-0.2, -0.15) is 0 Å². The van der Waals surface area contributed by atoms with Gasteiger partial charge in [0.2, 0.25) is 11.8 Å². The lowest BCUT2D eigenvalue weighted by Crippen LogP contribution is -2.32. The number of esters is 1. The maximum Gasteiger partial charge on any atom is 0.326 e.